The van der Waals surface area contributed by atoms with Gasteiger partial charge in [-0.05, 0) is 0 Å². The lowest BCUT2D eigenvalue weighted by Crippen LogP contribution is -2.35. The van der Waals surface area contributed by atoms with Crippen LogP contribution in [0, 0.1) is 0 Å². The molecule has 0 aliphatic carbocycles. The first-order chi connectivity index (χ1) is 4.74. The van der Waals surface area contributed by atoms with Gasteiger partial charge >= 0.3 is 5.97 Å². The zero-order valence-electron chi connectivity index (χ0n) is 5.16. The predicted octanol–water partition coefficient (Wildman–Crippen LogP) is -2.14. The molecule has 0 amide bonds. The number of guanidine groups is 1. The number of carboxylic acid groups (broad SMARTS) is 1. The lowest BCUT2D eigenvalue weighted by atomic mass is 10.3. The van der Waals surface area contributed by atoms with E-state index in [4.69, 9.17) is 10.9 Å². The maximum absolute atomic E-state index is 10.3. The number of aliphatic carboxylic acids is 1. The highest BCUT2D eigenvalue weighted by molar-refractivity contribution is 5.89. The molecule has 1 heterocycles. The van der Waals surface area contributed by atoms with Gasteiger partial charge in [0.05, 0.1) is 0 Å². The molecule has 1 saturated heterocycles. The second-order valence-electron chi connectivity index (χ2n) is 1.89. The maximum atomic E-state index is 10.3. The number of hydrogen-bond acceptors (Lipinski definition) is 3. The fourth-order valence-electron chi connectivity index (χ4n) is 0.698. The fraction of sp³-hybridized carbons (Fsp3) is 0.500. The lowest BCUT2D eigenvalue weighted by molar-refractivity contribution is -0.138. The Morgan fingerprint density at radius 2 is 2.60 bits per heavy atom. The van der Waals surface area contributed by atoms with E-state index in [0.29, 0.717) is 12.5 Å². The van der Waals surface area contributed by atoms with Crippen LogP contribution in [-0.2, 0) is 4.79 Å². The van der Waals surface area contributed by atoms with Crippen molar-refractivity contribution in [1.29, 1.82) is 0 Å². The highest BCUT2D eigenvalue weighted by atomic mass is 16.4. The SMILES string of the molecule is NN=C1NC[C@@H](C(=O)O)N1. The fourth-order valence-corrected chi connectivity index (χ4v) is 0.698. The summed E-state index contributed by atoms with van der Waals surface area (Å²) in [5.74, 6) is 4.28. The number of nitrogens with zero attached hydrogens (tertiary/aromatic N) is 1. The monoisotopic (exact) mass is 144 g/mol. The quantitative estimate of drug-likeness (QED) is 0.248. The number of carboxylic acids is 1. The Bertz CT molecular complexity index is 178. The highest BCUT2D eigenvalue weighted by Gasteiger charge is 2.24. The van der Waals surface area contributed by atoms with Gasteiger partial charge in [-0.15, -0.1) is 5.10 Å². The first-order valence-corrected chi connectivity index (χ1v) is 2.75. The van der Waals surface area contributed by atoms with Crippen molar-refractivity contribution >= 4 is 11.9 Å². The van der Waals surface area contributed by atoms with Crippen molar-refractivity contribution < 1.29 is 9.90 Å². The number of nitrogens with one attached hydrogen (secondary N) is 2. The van der Waals surface area contributed by atoms with E-state index < -0.39 is 12.0 Å². The van der Waals surface area contributed by atoms with E-state index in [9.17, 15) is 4.79 Å². The Morgan fingerprint density at radius 1 is 1.90 bits per heavy atom. The zero-order valence-corrected chi connectivity index (χ0v) is 5.16. The van der Waals surface area contributed by atoms with Crippen LogP contribution in [0.5, 0.6) is 0 Å². The Kier molecular flexibility index (Phi) is 1.61. The van der Waals surface area contributed by atoms with E-state index in [1.54, 1.807) is 0 Å². The van der Waals surface area contributed by atoms with Crippen LogP contribution in [0.4, 0.5) is 0 Å². The smallest absolute Gasteiger partial charge is 0.328 e. The Morgan fingerprint density at radius 3 is 2.90 bits per heavy atom. The molecular formula is C4H8N4O2. The number of hydrogen-bond donors (Lipinski definition) is 4. The van der Waals surface area contributed by atoms with Crippen LogP contribution in [0.1, 0.15) is 0 Å². The summed E-state index contributed by atoms with van der Waals surface area (Å²) in [6.45, 7) is 0.325. The molecule has 1 rings (SSSR count). The van der Waals surface area contributed by atoms with Gasteiger partial charge in [0.1, 0.15) is 6.04 Å². The molecule has 0 spiro atoms. The van der Waals surface area contributed by atoms with Crippen molar-refractivity contribution in [3.8, 4) is 0 Å². The molecule has 0 bridgehead atoms. The normalized spacial score (nSPS) is 27.6. The molecule has 10 heavy (non-hydrogen) atoms. The van der Waals surface area contributed by atoms with E-state index in [1.165, 1.54) is 0 Å². The molecule has 0 unspecified atom stereocenters. The third-order valence-electron chi connectivity index (χ3n) is 1.21. The topological polar surface area (TPSA) is 99.7 Å². The molecule has 0 aromatic heterocycles. The van der Waals surface area contributed by atoms with E-state index in [0.717, 1.165) is 0 Å². The van der Waals surface area contributed by atoms with Gasteiger partial charge in [0.2, 0.25) is 5.96 Å². The van der Waals surface area contributed by atoms with Crippen molar-refractivity contribution in [2.75, 3.05) is 6.54 Å². The van der Waals surface area contributed by atoms with Crippen molar-refractivity contribution in [2.45, 2.75) is 6.04 Å². The summed E-state index contributed by atoms with van der Waals surface area (Å²) in [6, 6.07) is -0.609. The zero-order chi connectivity index (χ0) is 7.56. The van der Waals surface area contributed by atoms with Crippen molar-refractivity contribution in [2.24, 2.45) is 10.9 Å². The van der Waals surface area contributed by atoms with Gasteiger partial charge in [0.15, 0.2) is 0 Å². The Hall–Kier alpha value is -1.46. The second-order valence-corrected chi connectivity index (χ2v) is 1.89. The molecule has 0 radical (unpaired) electrons. The number of nitrogens with two attached hydrogens (primary N) is 1. The molecule has 1 aliphatic rings. The van der Waals surface area contributed by atoms with Crippen LogP contribution >= 0.6 is 0 Å². The molecule has 0 aromatic rings. The third kappa shape index (κ3) is 1.09. The highest BCUT2D eigenvalue weighted by Crippen LogP contribution is 1.88. The van der Waals surface area contributed by atoms with Crippen molar-refractivity contribution in [3.05, 3.63) is 0 Å². The van der Waals surface area contributed by atoms with E-state index >= 15 is 0 Å². The molecule has 6 heteroatoms. The first-order valence-electron chi connectivity index (χ1n) is 2.75. The van der Waals surface area contributed by atoms with Crippen molar-refractivity contribution in [3.63, 3.8) is 0 Å². The predicted molar refractivity (Wildman–Crippen MR) is 34.2 cm³/mol. The Balaban J connectivity index is 2.51. The summed E-state index contributed by atoms with van der Waals surface area (Å²) in [4.78, 5) is 10.3. The largest absolute Gasteiger partial charge is 0.480 e. The number of rotatable bonds is 1. The van der Waals surface area contributed by atoms with Crippen LogP contribution < -0.4 is 16.5 Å². The summed E-state index contributed by atoms with van der Waals surface area (Å²) >= 11 is 0. The van der Waals surface area contributed by atoms with E-state index in [1.807, 2.05) is 0 Å². The molecule has 5 N–H and O–H groups in total. The summed E-state index contributed by atoms with van der Waals surface area (Å²) < 4.78 is 0. The standard InChI is InChI=1S/C4H8N4O2/c5-8-4-6-1-2(7-4)3(9)10/h2H,1,5H2,(H,9,10)(H2,6,7,8)/t2-/m0/s1. The van der Waals surface area contributed by atoms with Gasteiger partial charge in [0, 0.05) is 6.54 Å². The Labute approximate surface area is 57.1 Å². The maximum Gasteiger partial charge on any atom is 0.328 e. The molecular weight excluding hydrogens is 136 g/mol. The van der Waals surface area contributed by atoms with Gasteiger partial charge in [0.25, 0.3) is 0 Å². The molecule has 56 valence electrons. The molecule has 0 aromatic carbocycles. The van der Waals surface area contributed by atoms with Crippen LogP contribution in [0.2, 0.25) is 0 Å². The summed E-state index contributed by atoms with van der Waals surface area (Å²) in [5, 5.41) is 16.9. The van der Waals surface area contributed by atoms with Crippen LogP contribution in [0.3, 0.4) is 0 Å². The summed E-state index contributed by atoms with van der Waals surface area (Å²) in [6.07, 6.45) is 0. The molecule has 1 atom stereocenters. The van der Waals surface area contributed by atoms with Gasteiger partial charge in [-0.3, -0.25) is 0 Å². The summed E-state index contributed by atoms with van der Waals surface area (Å²) in [7, 11) is 0. The number of hydrazone groups is 1. The molecule has 6 nitrogen and oxygen atoms in total. The third-order valence-corrected chi connectivity index (χ3v) is 1.21. The summed E-state index contributed by atoms with van der Waals surface area (Å²) in [5.41, 5.74) is 0. The second kappa shape index (κ2) is 2.42. The number of carbonyl (C=O) groups is 1. The lowest BCUT2D eigenvalue weighted by Gasteiger charge is -1.99. The van der Waals surface area contributed by atoms with E-state index in [-0.39, 0.29) is 0 Å². The van der Waals surface area contributed by atoms with Crippen LogP contribution in [0.15, 0.2) is 5.10 Å². The molecule has 0 saturated carbocycles. The molecule has 1 aliphatic heterocycles. The first kappa shape index (κ1) is 6.66. The van der Waals surface area contributed by atoms with Gasteiger partial charge in [-0.25, -0.2) is 4.79 Å². The molecule has 1 fully saturated rings. The minimum absolute atomic E-state index is 0.325. The van der Waals surface area contributed by atoms with Gasteiger partial charge < -0.3 is 21.6 Å². The average Bonchev–Trinajstić information content (AvgIpc) is 2.34. The minimum Gasteiger partial charge on any atom is -0.480 e. The average molecular weight is 144 g/mol. The minimum atomic E-state index is -0.911. The van der Waals surface area contributed by atoms with Gasteiger partial charge in [-0.1, -0.05) is 0 Å². The van der Waals surface area contributed by atoms with Crippen LogP contribution in [0.25, 0.3) is 0 Å². The van der Waals surface area contributed by atoms with E-state index in [2.05, 4.69) is 15.7 Å². The van der Waals surface area contributed by atoms with Crippen molar-refractivity contribution in [1.82, 2.24) is 10.6 Å². The van der Waals surface area contributed by atoms with Gasteiger partial charge in [-0.2, -0.15) is 0 Å². The van der Waals surface area contributed by atoms with Crippen LogP contribution in [-0.4, -0.2) is 29.6 Å².